The maximum absolute atomic E-state index is 12.0. The van der Waals surface area contributed by atoms with E-state index in [9.17, 15) is 4.79 Å². The Morgan fingerprint density at radius 3 is 2.60 bits per heavy atom. The largest absolute Gasteiger partial charge is 0.468 e. The summed E-state index contributed by atoms with van der Waals surface area (Å²) in [6.45, 7) is 0.411. The molecule has 0 amide bonds. The molecule has 20 heavy (non-hydrogen) atoms. The number of methoxy groups -OCH3 is 1. The molecule has 108 valence electrons. The molecule has 0 radical (unpaired) electrons. The van der Waals surface area contributed by atoms with Crippen molar-refractivity contribution in [3.63, 3.8) is 0 Å². The quantitative estimate of drug-likeness (QED) is 0.470. The van der Waals surface area contributed by atoms with Gasteiger partial charge in [0.2, 0.25) is 0 Å². The maximum Gasteiger partial charge on any atom is 0.317 e. The molecule has 1 saturated carbocycles. The van der Waals surface area contributed by atoms with Crippen molar-refractivity contribution in [2.45, 2.75) is 38.7 Å². The molecule has 4 nitrogen and oxygen atoms in total. The monoisotopic (exact) mass is 275 g/mol. The Labute approximate surface area is 119 Å². The van der Waals surface area contributed by atoms with Crippen LogP contribution >= 0.6 is 0 Å². The topological polar surface area (TPSA) is 47.9 Å². The Kier molecular flexibility index (Phi) is 5.16. The molecule has 1 aromatic rings. The second-order valence-corrected chi connectivity index (χ2v) is 5.20. The molecule has 0 spiro atoms. The lowest BCUT2D eigenvalue weighted by Gasteiger charge is -2.30. The number of carbonyl (C=O) groups excluding carboxylic acids is 1. The number of hydrogen-bond donors (Lipinski definition) is 0. The molecule has 4 heteroatoms. The fourth-order valence-electron chi connectivity index (χ4n) is 2.60. The van der Waals surface area contributed by atoms with Gasteiger partial charge in [-0.3, -0.25) is 4.79 Å². The summed E-state index contributed by atoms with van der Waals surface area (Å²) in [7, 11) is 1.43. The van der Waals surface area contributed by atoms with Crippen molar-refractivity contribution in [1.29, 1.82) is 0 Å². The molecule has 0 bridgehead atoms. The Morgan fingerprint density at radius 1 is 1.25 bits per heavy atom. The van der Waals surface area contributed by atoms with E-state index in [0.717, 1.165) is 37.7 Å². The zero-order valence-electron chi connectivity index (χ0n) is 11.9. The SMILES string of the molecule is COC(=O)C1(/C=N/OCc2ccccc2)CCCCC1. The highest BCUT2D eigenvalue weighted by Crippen LogP contribution is 2.35. The van der Waals surface area contributed by atoms with Gasteiger partial charge in [-0.2, -0.15) is 0 Å². The lowest BCUT2D eigenvalue weighted by molar-refractivity contribution is -0.149. The van der Waals surface area contributed by atoms with Crippen LogP contribution < -0.4 is 0 Å². The summed E-state index contributed by atoms with van der Waals surface area (Å²) in [4.78, 5) is 17.3. The van der Waals surface area contributed by atoms with Crippen LogP contribution in [0.3, 0.4) is 0 Å². The van der Waals surface area contributed by atoms with E-state index in [4.69, 9.17) is 9.57 Å². The molecule has 2 rings (SSSR count). The van der Waals surface area contributed by atoms with Gasteiger partial charge in [0.05, 0.1) is 13.3 Å². The lowest BCUT2D eigenvalue weighted by Crippen LogP contribution is -2.36. The maximum atomic E-state index is 12.0. The van der Waals surface area contributed by atoms with Crippen LogP contribution in [0.2, 0.25) is 0 Å². The van der Waals surface area contributed by atoms with Gasteiger partial charge in [-0.15, -0.1) is 0 Å². The van der Waals surface area contributed by atoms with Gasteiger partial charge in [-0.1, -0.05) is 54.8 Å². The second-order valence-electron chi connectivity index (χ2n) is 5.20. The highest BCUT2D eigenvalue weighted by atomic mass is 16.6. The van der Waals surface area contributed by atoms with Crippen molar-refractivity contribution in [1.82, 2.24) is 0 Å². The molecule has 1 fully saturated rings. The van der Waals surface area contributed by atoms with Crippen LogP contribution in [-0.2, 0) is 21.0 Å². The van der Waals surface area contributed by atoms with Gasteiger partial charge in [0, 0.05) is 0 Å². The van der Waals surface area contributed by atoms with Gasteiger partial charge < -0.3 is 9.57 Å². The van der Waals surface area contributed by atoms with E-state index in [0.29, 0.717) is 6.61 Å². The van der Waals surface area contributed by atoms with Crippen molar-refractivity contribution in [2.75, 3.05) is 7.11 Å². The minimum absolute atomic E-state index is 0.204. The molecule has 0 saturated heterocycles. The van der Waals surface area contributed by atoms with E-state index in [1.807, 2.05) is 30.3 Å². The molecule has 0 heterocycles. The molecular weight excluding hydrogens is 254 g/mol. The molecule has 0 N–H and O–H groups in total. The predicted molar refractivity (Wildman–Crippen MR) is 77.3 cm³/mol. The first kappa shape index (κ1) is 14.6. The van der Waals surface area contributed by atoms with Crippen LogP contribution in [0.5, 0.6) is 0 Å². The minimum atomic E-state index is -0.594. The zero-order valence-corrected chi connectivity index (χ0v) is 11.9. The number of hydrogen-bond acceptors (Lipinski definition) is 4. The average Bonchev–Trinajstić information content (AvgIpc) is 2.53. The fraction of sp³-hybridized carbons (Fsp3) is 0.500. The Hall–Kier alpha value is -1.84. The fourth-order valence-corrected chi connectivity index (χ4v) is 2.60. The predicted octanol–water partition coefficient (Wildman–Crippen LogP) is 3.31. The standard InChI is InChI=1S/C16H21NO3/c1-19-15(18)16(10-6-3-7-11-16)13-17-20-12-14-8-4-2-5-9-14/h2,4-5,8-9,13H,3,6-7,10-12H2,1H3/b17-13+. The Morgan fingerprint density at radius 2 is 1.95 bits per heavy atom. The highest BCUT2D eigenvalue weighted by molar-refractivity contribution is 5.95. The van der Waals surface area contributed by atoms with E-state index in [1.54, 1.807) is 6.21 Å². The molecule has 1 aliphatic rings. The van der Waals surface area contributed by atoms with Crippen LogP contribution in [0.15, 0.2) is 35.5 Å². The summed E-state index contributed by atoms with van der Waals surface area (Å²) >= 11 is 0. The summed E-state index contributed by atoms with van der Waals surface area (Å²) in [5.41, 5.74) is 0.462. The van der Waals surface area contributed by atoms with Gasteiger partial charge in [0.25, 0.3) is 0 Å². The number of nitrogens with zero attached hydrogens (tertiary/aromatic N) is 1. The molecule has 1 aromatic carbocycles. The van der Waals surface area contributed by atoms with Gasteiger partial charge >= 0.3 is 5.97 Å². The van der Waals surface area contributed by atoms with E-state index in [-0.39, 0.29) is 5.97 Å². The van der Waals surface area contributed by atoms with Crippen LogP contribution in [0.1, 0.15) is 37.7 Å². The summed E-state index contributed by atoms with van der Waals surface area (Å²) in [6.07, 6.45) is 6.44. The lowest BCUT2D eigenvalue weighted by atomic mass is 9.75. The normalized spacial score (nSPS) is 17.9. The molecule has 0 atom stereocenters. The molecule has 0 aromatic heterocycles. The zero-order chi connectivity index (χ0) is 14.3. The third-order valence-corrected chi connectivity index (χ3v) is 3.79. The van der Waals surface area contributed by atoms with E-state index in [2.05, 4.69) is 5.16 Å². The first-order chi connectivity index (χ1) is 9.77. The number of benzene rings is 1. The van der Waals surface area contributed by atoms with Crippen molar-refractivity contribution in [2.24, 2.45) is 10.6 Å². The summed E-state index contributed by atoms with van der Waals surface area (Å²) < 4.78 is 4.92. The molecule has 0 unspecified atom stereocenters. The first-order valence-electron chi connectivity index (χ1n) is 7.06. The van der Waals surface area contributed by atoms with E-state index in [1.165, 1.54) is 7.11 Å². The van der Waals surface area contributed by atoms with Crippen molar-refractivity contribution < 1.29 is 14.4 Å². The first-order valence-corrected chi connectivity index (χ1v) is 7.06. The van der Waals surface area contributed by atoms with Crippen LogP contribution in [-0.4, -0.2) is 19.3 Å². The molecule has 1 aliphatic carbocycles. The van der Waals surface area contributed by atoms with Gasteiger partial charge in [-0.25, -0.2) is 0 Å². The highest BCUT2D eigenvalue weighted by Gasteiger charge is 2.39. The van der Waals surface area contributed by atoms with Crippen molar-refractivity contribution >= 4 is 12.2 Å². The van der Waals surface area contributed by atoms with Crippen molar-refractivity contribution in [3.8, 4) is 0 Å². The molecular formula is C16H21NO3. The van der Waals surface area contributed by atoms with Gasteiger partial charge in [0.1, 0.15) is 12.0 Å². The average molecular weight is 275 g/mol. The van der Waals surface area contributed by atoms with Crippen molar-refractivity contribution in [3.05, 3.63) is 35.9 Å². The number of esters is 1. The van der Waals surface area contributed by atoms with Crippen LogP contribution in [0.4, 0.5) is 0 Å². The second kappa shape index (κ2) is 7.08. The third-order valence-electron chi connectivity index (χ3n) is 3.79. The van der Waals surface area contributed by atoms with Gasteiger partial charge in [0.15, 0.2) is 0 Å². The third kappa shape index (κ3) is 3.59. The smallest absolute Gasteiger partial charge is 0.317 e. The van der Waals surface area contributed by atoms with Crippen LogP contribution in [0, 0.1) is 5.41 Å². The Balaban J connectivity index is 1.94. The number of carbonyl (C=O) groups is 1. The summed E-state index contributed by atoms with van der Waals surface area (Å²) in [5, 5.41) is 4.01. The summed E-state index contributed by atoms with van der Waals surface area (Å²) in [6, 6.07) is 9.83. The van der Waals surface area contributed by atoms with E-state index < -0.39 is 5.41 Å². The Bertz CT molecular complexity index is 450. The van der Waals surface area contributed by atoms with Gasteiger partial charge in [-0.05, 0) is 18.4 Å². The number of oxime groups is 1. The van der Waals surface area contributed by atoms with Crippen LogP contribution in [0.25, 0.3) is 0 Å². The molecule has 0 aliphatic heterocycles. The van der Waals surface area contributed by atoms with E-state index >= 15 is 0 Å². The number of rotatable bonds is 5. The number of ether oxygens (including phenoxy) is 1. The minimum Gasteiger partial charge on any atom is -0.468 e. The summed E-state index contributed by atoms with van der Waals surface area (Å²) in [5.74, 6) is -0.204.